The maximum absolute atomic E-state index is 5.11. The van der Waals surface area contributed by atoms with Crippen LogP contribution >= 0.6 is 0 Å². The van der Waals surface area contributed by atoms with Crippen LogP contribution in [0.4, 0.5) is 17.3 Å². The molecule has 1 aromatic carbocycles. The zero-order valence-corrected chi connectivity index (χ0v) is 10.5. The van der Waals surface area contributed by atoms with Gasteiger partial charge in [-0.1, -0.05) is 12.1 Å². The van der Waals surface area contributed by atoms with Crippen LogP contribution in [0.1, 0.15) is 5.56 Å². The minimum absolute atomic E-state index is 0.598. The fraction of sp³-hybridized carbons (Fsp3) is 0.231. The molecule has 0 atom stereocenters. The number of rotatable bonds is 5. The SMILES string of the molecule is CNc1cc(Nc2cccc(COC)c2)ncn1. The topological polar surface area (TPSA) is 59.1 Å². The molecule has 0 amide bonds. The van der Waals surface area contributed by atoms with Gasteiger partial charge in [-0.3, -0.25) is 0 Å². The van der Waals surface area contributed by atoms with E-state index in [0.29, 0.717) is 6.61 Å². The van der Waals surface area contributed by atoms with E-state index in [1.165, 1.54) is 6.33 Å². The highest BCUT2D eigenvalue weighted by Gasteiger charge is 1.99. The Labute approximate surface area is 106 Å². The Balaban J connectivity index is 2.14. The number of hydrogen-bond donors (Lipinski definition) is 2. The summed E-state index contributed by atoms with van der Waals surface area (Å²) in [5.41, 5.74) is 2.09. The minimum Gasteiger partial charge on any atom is -0.380 e. The standard InChI is InChI=1S/C13H16N4O/c1-14-12-7-13(16-9-15-12)17-11-5-3-4-10(6-11)8-18-2/h3-7,9H,8H2,1-2H3,(H2,14,15,16,17). The van der Waals surface area contributed by atoms with Gasteiger partial charge in [0, 0.05) is 25.9 Å². The lowest BCUT2D eigenvalue weighted by molar-refractivity contribution is 0.185. The first-order valence-corrected chi connectivity index (χ1v) is 5.66. The molecule has 2 rings (SSSR count). The molecule has 5 heteroatoms. The Hall–Kier alpha value is -2.14. The van der Waals surface area contributed by atoms with E-state index in [2.05, 4.69) is 20.6 Å². The van der Waals surface area contributed by atoms with Crippen LogP contribution in [0.2, 0.25) is 0 Å². The molecule has 0 aliphatic heterocycles. The van der Waals surface area contributed by atoms with E-state index in [1.807, 2.05) is 37.4 Å². The summed E-state index contributed by atoms with van der Waals surface area (Å²) < 4.78 is 5.11. The maximum atomic E-state index is 5.11. The number of nitrogens with zero attached hydrogens (tertiary/aromatic N) is 2. The van der Waals surface area contributed by atoms with Crippen LogP contribution < -0.4 is 10.6 Å². The van der Waals surface area contributed by atoms with Crippen LogP contribution in [0.5, 0.6) is 0 Å². The third-order valence-corrected chi connectivity index (χ3v) is 2.43. The second-order valence-electron chi connectivity index (χ2n) is 3.80. The molecule has 2 aromatic rings. The van der Waals surface area contributed by atoms with Gasteiger partial charge < -0.3 is 15.4 Å². The van der Waals surface area contributed by atoms with Gasteiger partial charge in [-0.05, 0) is 17.7 Å². The van der Waals surface area contributed by atoms with E-state index in [0.717, 1.165) is 22.9 Å². The summed E-state index contributed by atoms with van der Waals surface area (Å²) in [6.45, 7) is 0.598. The van der Waals surface area contributed by atoms with Crippen molar-refractivity contribution in [1.29, 1.82) is 0 Å². The van der Waals surface area contributed by atoms with Crippen molar-refractivity contribution >= 4 is 17.3 Å². The third-order valence-electron chi connectivity index (χ3n) is 2.43. The summed E-state index contributed by atoms with van der Waals surface area (Å²) in [6.07, 6.45) is 1.52. The van der Waals surface area contributed by atoms with Gasteiger partial charge in [0.05, 0.1) is 6.61 Å². The highest BCUT2D eigenvalue weighted by Crippen LogP contribution is 2.17. The van der Waals surface area contributed by atoms with E-state index in [-0.39, 0.29) is 0 Å². The summed E-state index contributed by atoms with van der Waals surface area (Å²) in [5, 5.41) is 6.20. The molecule has 18 heavy (non-hydrogen) atoms. The molecule has 0 aliphatic rings. The highest BCUT2D eigenvalue weighted by atomic mass is 16.5. The average molecular weight is 244 g/mol. The van der Waals surface area contributed by atoms with Gasteiger partial charge in [-0.15, -0.1) is 0 Å². The van der Waals surface area contributed by atoms with E-state index in [1.54, 1.807) is 7.11 Å². The number of anilines is 3. The number of methoxy groups -OCH3 is 1. The van der Waals surface area contributed by atoms with Crippen molar-refractivity contribution in [2.24, 2.45) is 0 Å². The summed E-state index contributed by atoms with van der Waals surface area (Å²) in [6, 6.07) is 9.87. The molecule has 0 saturated heterocycles. The van der Waals surface area contributed by atoms with Crippen molar-refractivity contribution < 1.29 is 4.74 Å². The molecule has 94 valence electrons. The molecule has 1 heterocycles. The average Bonchev–Trinajstić information content (AvgIpc) is 2.40. The highest BCUT2D eigenvalue weighted by molar-refractivity contribution is 5.59. The van der Waals surface area contributed by atoms with Crippen LogP contribution in [-0.2, 0) is 11.3 Å². The van der Waals surface area contributed by atoms with E-state index in [9.17, 15) is 0 Å². The number of hydrogen-bond acceptors (Lipinski definition) is 5. The van der Waals surface area contributed by atoms with Crippen LogP contribution in [0.25, 0.3) is 0 Å². The number of benzene rings is 1. The first kappa shape index (κ1) is 12.3. The van der Waals surface area contributed by atoms with Crippen molar-refractivity contribution in [3.8, 4) is 0 Å². The van der Waals surface area contributed by atoms with E-state index < -0.39 is 0 Å². The number of ether oxygens (including phenoxy) is 1. The van der Waals surface area contributed by atoms with Crippen molar-refractivity contribution in [2.45, 2.75) is 6.61 Å². The van der Waals surface area contributed by atoms with E-state index >= 15 is 0 Å². The molecule has 2 N–H and O–H groups in total. The van der Waals surface area contributed by atoms with Crippen molar-refractivity contribution in [3.05, 3.63) is 42.2 Å². The van der Waals surface area contributed by atoms with Crippen LogP contribution in [0.15, 0.2) is 36.7 Å². The van der Waals surface area contributed by atoms with Crippen molar-refractivity contribution in [1.82, 2.24) is 9.97 Å². The number of nitrogens with one attached hydrogen (secondary N) is 2. The summed E-state index contributed by atoms with van der Waals surface area (Å²) in [7, 11) is 3.51. The first-order chi connectivity index (χ1) is 8.81. The third kappa shape index (κ3) is 3.18. The van der Waals surface area contributed by atoms with Crippen LogP contribution in [-0.4, -0.2) is 24.1 Å². The molecule has 0 saturated carbocycles. The first-order valence-electron chi connectivity index (χ1n) is 5.66. The normalized spacial score (nSPS) is 10.1. The molecule has 0 radical (unpaired) electrons. The Bertz CT molecular complexity index is 516. The molecule has 0 spiro atoms. The van der Waals surface area contributed by atoms with Gasteiger partial charge in [-0.2, -0.15) is 0 Å². The van der Waals surface area contributed by atoms with E-state index in [4.69, 9.17) is 4.74 Å². The Morgan fingerprint density at radius 1 is 1.17 bits per heavy atom. The largest absolute Gasteiger partial charge is 0.380 e. The second kappa shape index (κ2) is 5.97. The van der Waals surface area contributed by atoms with Gasteiger partial charge in [-0.25, -0.2) is 9.97 Å². The van der Waals surface area contributed by atoms with Gasteiger partial charge >= 0.3 is 0 Å². The molecule has 5 nitrogen and oxygen atoms in total. The summed E-state index contributed by atoms with van der Waals surface area (Å²) in [4.78, 5) is 8.23. The zero-order valence-electron chi connectivity index (χ0n) is 10.5. The van der Waals surface area contributed by atoms with Gasteiger partial charge in [0.1, 0.15) is 18.0 Å². The lowest BCUT2D eigenvalue weighted by Gasteiger charge is -2.08. The molecule has 0 fully saturated rings. The van der Waals surface area contributed by atoms with Gasteiger partial charge in [0.25, 0.3) is 0 Å². The lowest BCUT2D eigenvalue weighted by Crippen LogP contribution is -1.98. The zero-order chi connectivity index (χ0) is 12.8. The predicted octanol–water partition coefficient (Wildman–Crippen LogP) is 2.41. The van der Waals surface area contributed by atoms with Crippen molar-refractivity contribution in [3.63, 3.8) is 0 Å². The molecule has 1 aromatic heterocycles. The lowest BCUT2D eigenvalue weighted by atomic mass is 10.2. The maximum Gasteiger partial charge on any atom is 0.135 e. The fourth-order valence-electron chi connectivity index (χ4n) is 1.62. The Kier molecular flexibility index (Phi) is 4.09. The monoisotopic (exact) mass is 244 g/mol. The Morgan fingerprint density at radius 2 is 2.00 bits per heavy atom. The number of aromatic nitrogens is 2. The predicted molar refractivity (Wildman–Crippen MR) is 72.0 cm³/mol. The summed E-state index contributed by atoms with van der Waals surface area (Å²) >= 11 is 0. The molecule has 0 bridgehead atoms. The van der Waals surface area contributed by atoms with Gasteiger partial charge in [0.15, 0.2) is 0 Å². The molecule has 0 unspecified atom stereocenters. The smallest absolute Gasteiger partial charge is 0.135 e. The van der Waals surface area contributed by atoms with Crippen molar-refractivity contribution in [2.75, 3.05) is 24.8 Å². The summed E-state index contributed by atoms with van der Waals surface area (Å²) in [5.74, 6) is 1.53. The van der Waals surface area contributed by atoms with Crippen LogP contribution in [0.3, 0.4) is 0 Å². The Morgan fingerprint density at radius 3 is 2.78 bits per heavy atom. The fourth-order valence-corrected chi connectivity index (χ4v) is 1.62. The molecule has 0 aliphatic carbocycles. The van der Waals surface area contributed by atoms with Gasteiger partial charge in [0.2, 0.25) is 0 Å². The minimum atomic E-state index is 0.598. The molecular formula is C13H16N4O. The second-order valence-corrected chi connectivity index (χ2v) is 3.80. The molecular weight excluding hydrogens is 228 g/mol. The quantitative estimate of drug-likeness (QED) is 0.845. The van der Waals surface area contributed by atoms with Crippen LogP contribution in [0, 0.1) is 0 Å².